The normalized spacial score (nSPS) is 12.3. The van der Waals surface area contributed by atoms with E-state index in [9.17, 15) is 5.11 Å². The molecule has 0 amide bonds. The molecular weight excluding hydrogens is 362 g/mol. The Balaban J connectivity index is 1.31. The summed E-state index contributed by atoms with van der Waals surface area (Å²) in [5, 5.41) is 19.4. The van der Waals surface area contributed by atoms with Gasteiger partial charge in [0.2, 0.25) is 0 Å². The van der Waals surface area contributed by atoms with E-state index < -0.39 is 6.10 Å². The topological polar surface area (TPSA) is 80.4 Å². The third-order valence-corrected chi connectivity index (χ3v) is 4.94. The maximum Gasteiger partial charge on any atom is 0.178 e. The Morgan fingerprint density at radius 1 is 1.19 bits per heavy atom. The predicted molar refractivity (Wildman–Crippen MR) is 105 cm³/mol. The maximum absolute atomic E-state index is 10.1. The molecule has 0 spiro atoms. The largest absolute Gasteiger partial charge is 0.491 e. The van der Waals surface area contributed by atoms with Crippen molar-refractivity contribution in [2.24, 2.45) is 0 Å². The Morgan fingerprint density at radius 3 is 3.04 bits per heavy atom. The van der Waals surface area contributed by atoms with Crippen molar-refractivity contribution in [3.63, 3.8) is 0 Å². The van der Waals surface area contributed by atoms with Gasteiger partial charge in [-0.25, -0.2) is 0 Å². The second-order valence-electron chi connectivity index (χ2n) is 6.09. The summed E-state index contributed by atoms with van der Waals surface area (Å²) in [4.78, 5) is 4.23. The number of hydrogen-bond donors (Lipinski definition) is 2. The van der Waals surface area contributed by atoms with E-state index in [2.05, 4.69) is 15.5 Å². The van der Waals surface area contributed by atoms with Gasteiger partial charge in [-0.05, 0) is 35.7 Å². The zero-order chi connectivity index (χ0) is 18.5. The molecule has 0 bridgehead atoms. The van der Waals surface area contributed by atoms with E-state index in [1.165, 1.54) is 0 Å². The molecule has 7 heteroatoms. The van der Waals surface area contributed by atoms with Gasteiger partial charge in [-0.2, -0.15) is 0 Å². The fourth-order valence-electron chi connectivity index (χ4n) is 2.72. The van der Waals surface area contributed by atoms with Crippen LogP contribution in [0.5, 0.6) is 5.75 Å². The van der Waals surface area contributed by atoms with Crippen LogP contribution in [-0.2, 0) is 6.54 Å². The third kappa shape index (κ3) is 4.33. The standard InChI is InChI=1S/C20H19N3O3S/c24-16(12-21-11-15-5-1-2-8-22-15)13-25-17-6-3-4-14(10-17)19-20-18(26-23-19)7-9-27-20/h1-10,16,21,24H,11-13H2/t16-/m1/s1. The Hall–Kier alpha value is -2.74. The molecule has 4 rings (SSSR count). The highest BCUT2D eigenvalue weighted by Gasteiger charge is 2.12. The van der Waals surface area contributed by atoms with E-state index >= 15 is 0 Å². The Morgan fingerprint density at radius 2 is 2.15 bits per heavy atom. The molecule has 0 saturated carbocycles. The highest BCUT2D eigenvalue weighted by molar-refractivity contribution is 7.17. The molecule has 6 nitrogen and oxygen atoms in total. The summed E-state index contributed by atoms with van der Waals surface area (Å²) in [5.41, 5.74) is 3.46. The number of pyridine rings is 1. The molecule has 0 aliphatic rings. The molecule has 1 aromatic carbocycles. The summed E-state index contributed by atoms with van der Waals surface area (Å²) in [5.74, 6) is 0.684. The van der Waals surface area contributed by atoms with Crippen LogP contribution in [0.1, 0.15) is 5.69 Å². The molecule has 0 fully saturated rings. The lowest BCUT2D eigenvalue weighted by atomic mass is 10.1. The molecule has 0 unspecified atom stereocenters. The van der Waals surface area contributed by atoms with Gasteiger partial charge in [-0.3, -0.25) is 4.98 Å². The monoisotopic (exact) mass is 381 g/mol. The Bertz CT molecular complexity index is 1000. The summed E-state index contributed by atoms with van der Waals surface area (Å²) in [6.45, 7) is 1.23. The van der Waals surface area contributed by atoms with Crippen LogP contribution in [0.3, 0.4) is 0 Å². The Kier molecular flexibility index (Phi) is 5.43. The molecule has 138 valence electrons. The molecule has 1 atom stereocenters. The van der Waals surface area contributed by atoms with Crippen LogP contribution in [0.15, 0.2) is 64.6 Å². The molecule has 0 aliphatic heterocycles. The molecule has 0 aliphatic carbocycles. The second kappa shape index (κ2) is 8.30. The van der Waals surface area contributed by atoms with Gasteiger partial charge in [0.05, 0.1) is 5.69 Å². The molecule has 2 N–H and O–H groups in total. The molecule has 0 radical (unpaired) electrons. The van der Waals surface area contributed by atoms with Crippen molar-refractivity contribution in [1.82, 2.24) is 15.5 Å². The SMILES string of the molecule is O[C@H](CNCc1ccccn1)COc1cccc(-c2noc3ccsc23)c1. The number of aromatic nitrogens is 2. The number of nitrogens with one attached hydrogen (secondary N) is 1. The molecule has 0 saturated heterocycles. The average Bonchev–Trinajstić information content (AvgIpc) is 3.31. The zero-order valence-electron chi connectivity index (χ0n) is 14.5. The van der Waals surface area contributed by atoms with Crippen molar-refractivity contribution in [2.45, 2.75) is 12.6 Å². The van der Waals surface area contributed by atoms with Crippen LogP contribution >= 0.6 is 11.3 Å². The number of thiophene rings is 1. The molecular formula is C20H19N3O3S. The van der Waals surface area contributed by atoms with Crippen LogP contribution in [0, 0.1) is 0 Å². The highest BCUT2D eigenvalue weighted by Crippen LogP contribution is 2.33. The van der Waals surface area contributed by atoms with Crippen LogP contribution in [-0.4, -0.2) is 34.5 Å². The van der Waals surface area contributed by atoms with Gasteiger partial charge in [-0.15, -0.1) is 11.3 Å². The first-order valence-corrected chi connectivity index (χ1v) is 9.52. The summed E-state index contributed by atoms with van der Waals surface area (Å²) in [6, 6.07) is 15.3. The minimum absolute atomic E-state index is 0.200. The Labute approximate surface area is 160 Å². The second-order valence-corrected chi connectivity index (χ2v) is 7.01. The summed E-state index contributed by atoms with van der Waals surface area (Å²) in [6.07, 6.45) is 1.14. The predicted octanol–water partition coefficient (Wildman–Crippen LogP) is 3.48. The average molecular weight is 381 g/mol. The quantitative estimate of drug-likeness (QED) is 0.486. The number of aliphatic hydroxyl groups excluding tert-OH is 1. The number of fused-ring (bicyclic) bond motifs is 1. The summed E-state index contributed by atoms with van der Waals surface area (Å²) in [7, 11) is 0. The first-order valence-electron chi connectivity index (χ1n) is 8.64. The van der Waals surface area contributed by atoms with E-state index in [4.69, 9.17) is 9.26 Å². The van der Waals surface area contributed by atoms with E-state index in [1.807, 2.05) is 53.9 Å². The summed E-state index contributed by atoms with van der Waals surface area (Å²) < 4.78 is 12.1. The highest BCUT2D eigenvalue weighted by atomic mass is 32.1. The molecule has 3 aromatic heterocycles. The fourth-order valence-corrected chi connectivity index (χ4v) is 3.53. The first kappa shape index (κ1) is 17.7. The molecule has 27 heavy (non-hydrogen) atoms. The minimum Gasteiger partial charge on any atom is -0.491 e. The van der Waals surface area contributed by atoms with Crippen LogP contribution in [0.4, 0.5) is 0 Å². The van der Waals surface area contributed by atoms with Crippen molar-refractivity contribution in [3.05, 3.63) is 65.8 Å². The lowest BCUT2D eigenvalue weighted by Crippen LogP contribution is -2.31. The van der Waals surface area contributed by atoms with Crippen molar-refractivity contribution in [3.8, 4) is 17.0 Å². The first-order chi connectivity index (χ1) is 13.3. The van der Waals surface area contributed by atoms with Crippen molar-refractivity contribution in [2.75, 3.05) is 13.2 Å². The summed E-state index contributed by atoms with van der Waals surface area (Å²) >= 11 is 1.60. The number of hydrogen-bond acceptors (Lipinski definition) is 7. The fraction of sp³-hybridized carbons (Fsp3) is 0.200. The van der Waals surface area contributed by atoms with Crippen molar-refractivity contribution in [1.29, 1.82) is 0 Å². The number of aliphatic hydroxyl groups is 1. The van der Waals surface area contributed by atoms with E-state index in [1.54, 1.807) is 17.5 Å². The van der Waals surface area contributed by atoms with E-state index in [-0.39, 0.29) is 6.61 Å². The third-order valence-electron chi connectivity index (χ3n) is 4.04. The number of rotatable bonds is 8. The van der Waals surface area contributed by atoms with E-state index in [0.29, 0.717) is 18.8 Å². The van der Waals surface area contributed by atoms with Gasteiger partial charge in [0.25, 0.3) is 0 Å². The van der Waals surface area contributed by atoms with Gasteiger partial charge in [0, 0.05) is 24.8 Å². The van der Waals surface area contributed by atoms with Gasteiger partial charge in [-0.1, -0.05) is 23.4 Å². The number of ether oxygens (including phenoxy) is 1. The van der Waals surface area contributed by atoms with Gasteiger partial charge in [0.1, 0.15) is 28.9 Å². The van der Waals surface area contributed by atoms with Crippen molar-refractivity contribution >= 4 is 21.6 Å². The van der Waals surface area contributed by atoms with Crippen LogP contribution in [0.2, 0.25) is 0 Å². The lowest BCUT2D eigenvalue weighted by Gasteiger charge is -2.13. The zero-order valence-corrected chi connectivity index (χ0v) is 15.4. The van der Waals surface area contributed by atoms with Crippen molar-refractivity contribution < 1.29 is 14.4 Å². The van der Waals surface area contributed by atoms with E-state index in [0.717, 1.165) is 27.2 Å². The van der Waals surface area contributed by atoms with Crippen LogP contribution in [0.25, 0.3) is 21.5 Å². The minimum atomic E-state index is -0.617. The number of benzene rings is 1. The van der Waals surface area contributed by atoms with Gasteiger partial charge in [0.15, 0.2) is 5.58 Å². The lowest BCUT2D eigenvalue weighted by molar-refractivity contribution is 0.106. The molecule has 3 heterocycles. The maximum atomic E-state index is 10.1. The van der Waals surface area contributed by atoms with Gasteiger partial charge < -0.3 is 19.7 Å². The van der Waals surface area contributed by atoms with Gasteiger partial charge >= 0.3 is 0 Å². The number of nitrogens with zero attached hydrogens (tertiary/aromatic N) is 2. The molecule has 4 aromatic rings. The smallest absolute Gasteiger partial charge is 0.178 e. The van der Waals surface area contributed by atoms with Crippen LogP contribution < -0.4 is 10.1 Å².